The van der Waals surface area contributed by atoms with Crippen molar-refractivity contribution in [3.63, 3.8) is 0 Å². The summed E-state index contributed by atoms with van der Waals surface area (Å²) in [7, 11) is 1.72. The number of hydrogen-bond donors (Lipinski definition) is 1. The fraction of sp³-hybridized carbons (Fsp3) is 0.222. The topological polar surface area (TPSA) is 72.3 Å². The van der Waals surface area contributed by atoms with E-state index in [0.717, 1.165) is 22.3 Å². The molecule has 10 heteroatoms. The van der Waals surface area contributed by atoms with Crippen molar-refractivity contribution in [2.24, 2.45) is 7.05 Å². The third-order valence-electron chi connectivity index (χ3n) is 6.28. The average Bonchev–Trinajstić information content (AvgIpc) is 2.90. The summed E-state index contributed by atoms with van der Waals surface area (Å²) in [5.74, 6) is 0.346. The molecule has 0 unspecified atom stereocenters. The van der Waals surface area contributed by atoms with Crippen LogP contribution in [0.5, 0.6) is 5.75 Å². The van der Waals surface area contributed by atoms with Crippen LogP contribution in [0.4, 0.5) is 19.1 Å². The Morgan fingerprint density at radius 2 is 1.59 bits per heavy atom. The molecule has 1 aliphatic heterocycles. The van der Waals surface area contributed by atoms with E-state index < -0.39 is 6.36 Å². The molecule has 3 heterocycles. The Labute approximate surface area is 211 Å². The number of nitrogens with zero attached hydrogens (tertiary/aromatic N) is 4. The zero-order valence-corrected chi connectivity index (χ0v) is 19.9. The molecular formula is C27H24F3N5O2. The van der Waals surface area contributed by atoms with Crippen LogP contribution in [0.15, 0.2) is 83.9 Å². The number of piperazine rings is 1. The van der Waals surface area contributed by atoms with Crippen LogP contribution in [0.3, 0.4) is 0 Å². The molecule has 4 aromatic rings. The number of ether oxygens (including phenoxy) is 1. The summed E-state index contributed by atoms with van der Waals surface area (Å²) in [5, 5.41) is 3.52. The van der Waals surface area contributed by atoms with E-state index in [9.17, 15) is 18.0 Å². The fourth-order valence-corrected chi connectivity index (χ4v) is 4.39. The smallest absolute Gasteiger partial charge is 0.406 e. The van der Waals surface area contributed by atoms with Crippen molar-refractivity contribution in [2.75, 3.05) is 24.5 Å². The highest BCUT2D eigenvalue weighted by Crippen LogP contribution is 2.28. The van der Waals surface area contributed by atoms with Crippen molar-refractivity contribution in [1.82, 2.24) is 19.9 Å². The SMILES string of the molecule is Cn1c(N2CCN[C@@H](c3ccc(-c4ccc(OC(F)(F)F)cc4)cc3)C2)nc(-c2ccncc2)cc1=O. The zero-order valence-electron chi connectivity index (χ0n) is 19.9. The van der Waals surface area contributed by atoms with Crippen molar-refractivity contribution in [2.45, 2.75) is 12.4 Å². The van der Waals surface area contributed by atoms with Gasteiger partial charge in [-0.05, 0) is 41.0 Å². The van der Waals surface area contributed by atoms with Gasteiger partial charge in [-0.2, -0.15) is 0 Å². The summed E-state index contributed by atoms with van der Waals surface area (Å²) >= 11 is 0. The zero-order chi connectivity index (χ0) is 26.0. The predicted octanol–water partition coefficient (Wildman–Crippen LogP) is 4.56. The van der Waals surface area contributed by atoms with Crippen molar-refractivity contribution in [3.8, 4) is 28.1 Å². The maximum absolute atomic E-state index is 12.7. The summed E-state index contributed by atoms with van der Waals surface area (Å²) in [4.78, 5) is 23.6. The van der Waals surface area contributed by atoms with Crippen LogP contribution in [0, 0.1) is 0 Å². The van der Waals surface area contributed by atoms with E-state index in [4.69, 9.17) is 4.98 Å². The molecule has 2 aromatic carbocycles. The number of nitrogens with one attached hydrogen (secondary N) is 1. The van der Waals surface area contributed by atoms with Gasteiger partial charge in [0.1, 0.15) is 5.75 Å². The van der Waals surface area contributed by atoms with E-state index in [-0.39, 0.29) is 17.4 Å². The lowest BCUT2D eigenvalue weighted by Gasteiger charge is -2.35. The van der Waals surface area contributed by atoms with Gasteiger partial charge < -0.3 is 15.0 Å². The first-order valence-corrected chi connectivity index (χ1v) is 11.7. The van der Waals surface area contributed by atoms with Gasteiger partial charge in [0.25, 0.3) is 5.56 Å². The first-order valence-electron chi connectivity index (χ1n) is 11.7. The number of benzene rings is 2. The van der Waals surface area contributed by atoms with Gasteiger partial charge in [-0.25, -0.2) is 4.98 Å². The quantitative estimate of drug-likeness (QED) is 0.427. The molecule has 0 spiro atoms. The van der Waals surface area contributed by atoms with E-state index in [1.807, 2.05) is 36.4 Å². The third kappa shape index (κ3) is 5.64. The molecular weight excluding hydrogens is 483 g/mol. The molecule has 7 nitrogen and oxygen atoms in total. The highest BCUT2D eigenvalue weighted by atomic mass is 19.4. The van der Waals surface area contributed by atoms with Crippen LogP contribution >= 0.6 is 0 Å². The Hall–Kier alpha value is -4.18. The minimum atomic E-state index is -4.72. The average molecular weight is 508 g/mol. The highest BCUT2D eigenvalue weighted by Gasteiger charge is 2.31. The maximum Gasteiger partial charge on any atom is 0.573 e. The monoisotopic (exact) mass is 507 g/mol. The molecule has 0 bridgehead atoms. The summed E-state index contributed by atoms with van der Waals surface area (Å²) in [6, 6.07) is 18.8. The van der Waals surface area contributed by atoms with Crippen molar-refractivity contribution < 1.29 is 17.9 Å². The number of pyridine rings is 1. The van der Waals surface area contributed by atoms with Gasteiger partial charge >= 0.3 is 6.36 Å². The largest absolute Gasteiger partial charge is 0.573 e. The molecule has 2 aromatic heterocycles. The molecule has 1 aliphatic rings. The molecule has 0 amide bonds. The Kier molecular flexibility index (Phi) is 6.66. The van der Waals surface area contributed by atoms with Crippen LogP contribution in [0.1, 0.15) is 11.6 Å². The molecule has 37 heavy (non-hydrogen) atoms. The van der Waals surface area contributed by atoms with Gasteiger partial charge in [0.15, 0.2) is 0 Å². The number of hydrogen-bond acceptors (Lipinski definition) is 6. The van der Waals surface area contributed by atoms with E-state index >= 15 is 0 Å². The first-order chi connectivity index (χ1) is 17.8. The van der Waals surface area contributed by atoms with Gasteiger partial charge in [-0.15, -0.1) is 13.2 Å². The van der Waals surface area contributed by atoms with Gasteiger partial charge in [0.2, 0.25) is 5.95 Å². The predicted molar refractivity (Wildman–Crippen MR) is 134 cm³/mol. The van der Waals surface area contributed by atoms with Gasteiger partial charge in [0, 0.05) is 56.7 Å². The fourth-order valence-electron chi connectivity index (χ4n) is 4.39. The lowest BCUT2D eigenvalue weighted by Crippen LogP contribution is -2.47. The molecule has 0 aliphatic carbocycles. The normalized spacial score (nSPS) is 16.0. The summed E-state index contributed by atoms with van der Waals surface area (Å²) in [6.45, 7) is 2.02. The molecule has 5 rings (SSSR count). The Morgan fingerprint density at radius 1 is 0.946 bits per heavy atom. The van der Waals surface area contributed by atoms with Gasteiger partial charge in [-0.3, -0.25) is 14.3 Å². The maximum atomic E-state index is 12.7. The van der Waals surface area contributed by atoms with E-state index in [1.165, 1.54) is 18.2 Å². The summed E-state index contributed by atoms with van der Waals surface area (Å²) in [6.07, 6.45) is -1.38. The second-order valence-corrected chi connectivity index (χ2v) is 8.72. The second-order valence-electron chi connectivity index (χ2n) is 8.72. The van der Waals surface area contributed by atoms with Gasteiger partial charge in [0.05, 0.1) is 5.69 Å². The number of alkyl halides is 3. The van der Waals surface area contributed by atoms with E-state index in [2.05, 4.69) is 19.9 Å². The summed E-state index contributed by atoms with van der Waals surface area (Å²) < 4.78 is 42.7. The minimum Gasteiger partial charge on any atom is -0.406 e. The Balaban J connectivity index is 1.33. The minimum absolute atomic E-state index is 0.00634. The molecule has 0 saturated carbocycles. The second kappa shape index (κ2) is 10.1. The lowest BCUT2D eigenvalue weighted by atomic mass is 9.99. The molecule has 1 atom stereocenters. The highest BCUT2D eigenvalue weighted by molar-refractivity contribution is 5.64. The lowest BCUT2D eigenvalue weighted by molar-refractivity contribution is -0.274. The summed E-state index contributed by atoms with van der Waals surface area (Å²) in [5.41, 5.74) is 4.01. The van der Waals surface area contributed by atoms with Crippen LogP contribution in [-0.4, -0.2) is 40.5 Å². The van der Waals surface area contributed by atoms with Crippen LogP contribution < -0.4 is 20.5 Å². The van der Waals surface area contributed by atoms with Gasteiger partial charge in [-0.1, -0.05) is 36.4 Å². The van der Waals surface area contributed by atoms with Crippen molar-refractivity contribution >= 4 is 5.95 Å². The van der Waals surface area contributed by atoms with Crippen LogP contribution in [0.2, 0.25) is 0 Å². The standard InChI is InChI=1S/C27H24F3N5O2/c1-34-25(36)16-23(21-10-12-31-13-11-21)33-26(34)35-15-14-32-24(17-35)20-4-2-18(3-5-20)19-6-8-22(9-7-19)37-27(28,29)30/h2-13,16,24,32H,14-15,17H2,1H3/t24-/m1/s1. The van der Waals surface area contributed by atoms with E-state index in [1.54, 1.807) is 36.1 Å². The third-order valence-corrected chi connectivity index (χ3v) is 6.28. The van der Waals surface area contributed by atoms with E-state index in [0.29, 0.717) is 31.3 Å². The van der Waals surface area contributed by atoms with Crippen LogP contribution in [0.25, 0.3) is 22.4 Å². The van der Waals surface area contributed by atoms with Crippen molar-refractivity contribution in [3.05, 3.63) is 95.0 Å². The molecule has 0 radical (unpaired) electrons. The van der Waals surface area contributed by atoms with Crippen LogP contribution in [-0.2, 0) is 7.05 Å². The molecule has 1 saturated heterocycles. The molecule has 1 fully saturated rings. The number of rotatable bonds is 5. The Bertz CT molecular complexity index is 1420. The molecule has 1 N–H and O–H groups in total. The molecule has 190 valence electrons. The number of anilines is 1. The number of halogens is 3. The Morgan fingerprint density at radius 3 is 2.24 bits per heavy atom. The van der Waals surface area contributed by atoms with Crippen molar-refractivity contribution in [1.29, 1.82) is 0 Å². The first kappa shape index (κ1) is 24.5. The number of aromatic nitrogens is 3.